The first kappa shape index (κ1) is 29.5. The summed E-state index contributed by atoms with van der Waals surface area (Å²) in [5, 5.41) is 3.08. The summed E-state index contributed by atoms with van der Waals surface area (Å²) in [7, 11) is 2.38. The number of rotatable bonds is 6. The van der Waals surface area contributed by atoms with Crippen LogP contribution in [0.1, 0.15) is 38.2 Å². The third-order valence-electron chi connectivity index (χ3n) is 8.18. The summed E-state index contributed by atoms with van der Waals surface area (Å²) in [6.07, 6.45) is 6.16. The second kappa shape index (κ2) is 12.4. The van der Waals surface area contributed by atoms with Crippen molar-refractivity contribution in [2.45, 2.75) is 45.2 Å². The monoisotopic (exact) mass is 655 g/mol. The zero-order valence-electron chi connectivity index (χ0n) is 22.2. The van der Waals surface area contributed by atoms with Gasteiger partial charge in [-0.15, -0.1) is 0 Å². The number of hydrogen-bond acceptors (Lipinski definition) is 4. The maximum Gasteiger partial charge on any atom is 0.227 e. The molecule has 5 nitrogen and oxygen atoms in total. The van der Waals surface area contributed by atoms with Crippen molar-refractivity contribution in [2.75, 3.05) is 43.4 Å². The van der Waals surface area contributed by atoms with Crippen LogP contribution in [0.2, 0.25) is 0 Å². The van der Waals surface area contributed by atoms with Gasteiger partial charge in [-0.25, -0.2) is 22.5 Å². The Labute approximate surface area is 244 Å². The first-order valence-electron chi connectivity index (χ1n) is 13.3. The maximum atomic E-state index is 14.7. The van der Waals surface area contributed by atoms with Gasteiger partial charge in [-0.3, -0.25) is 0 Å². The second-order valence-electron chi connectivity index (χ2n) is 11.0. The van der Waals surface area contributed by atoms with Crippen LogP contribution in [-0.4, -0.2) is 53.7 Å². The summed E-state index contributed by atoms with van der Waals surface area (Å²) >= 11 is 0. The lowest BCUT2D eigenvalue weighted by molar-refractivity contribution is -0.941. The van der Waals surface area contributed by atoms with E-state index in [9.17, 15) is 17.6 Å². The second-order valence-corrected chi connectivity index (χ2v) is 11.0. The topological polar surface area (TPSA) is 41.1 Å². The normalized spacial score (nSPS) is 21.9. The van der Waals surface area contributed by atoms with Crippen LogP contribution in [0.3, 0.4) is 0 Å². The molecule has 1 aromatic heterocycles. The minimum absolute atomic E-state index is 0. The number of hydrogen-bond donors (Lipinski definition) is 1. The van der Waals surface area contributed by atoms with Crippen LogP contribution >= 0.6 is 0 Å². The van der Waals surface area contributed by atoms with E-state index in [0.717, 1.165) is 48.5 Å². The zero-order valence-corrected chi connectivity index (χ0v) is 24.4. The number of piperidine rings is 2. The molecule has 2 atom stereocenters. The van der Waals surface area contributed by atoms with Crippen LogP contribution in [0.4, 0.5) is 29.3 Å². The van der Waals surface area contributed by atoms with Crippen molar-refractivity contribution in [3.05, 3.63) is 71.4 Å². The number of quaternary nitrogens is 1. The molecule has 0 amide bonds. The average molecular weight is 656 g/mol. The molecule has 210 valence electrons. The van der Waals surface area contributed by atoms with Gasteiger partial charge in [0.2, 0.25) is 5.95 Å². The van der Waals surface area contributed by atoms with E-state index in [0.29, 0.717) is 23.4 Å². The molecule has 2 aliphatic heterocycles. The third-order valence-corrected chi connectivity index (χ3v) is 8.18. The number of likely N-dealkylation sites (tertiary alicyclic amines) is 1. The SMILES string of the molecule is CC1CCC[N+](C)(C2CCN(c3ncc(-c4ccc(F)cc4F)c(NCc4ccc(F)cc4F)n3)CC2)C1.[I-]. The summed E-state index contributed by atoms with van der Waals surface area (Å²) in [6.45, 7) is 6.40. The van der Waals surface area contributed by atoms with Gasteiger partial charge in [-0.05, 0) is 31.0 Å². The van der Waals surface area contributed by atoms with E-state index in [1.807, 2.05) is 0 Å². The number of nitrogens with one attached hydrogen (secondary N) is 1. The fraction of sp³-hybridized carbons (Fsp3) is 0.448. The van der Waals surface area contributed by atoms with E-state index in [1.54, 1.807) is 0 Å². The molecule has 5 rings (SSSR count). The van der Waals surface area contributed by atoms with Crippen LogP contribution < -0.4 is 34.2 Å². The molecule has 2 fully saturated rings. The van der Waals surface area contributed by atoms with Gasteiger partial charge in [0.05, 0.1) is 26.2 Å². The number of aromatic nitrogens is 2. The Hall–Kier alpha value is -2.47. The molecular formula is C29H34F4IN5. The van der Waals surface area contributed by atoms with Crippen molar-refractivity contribution < 1.29 is 46.0 Å². The Morgan fingerprint density at radius 1 is 0.949 bits per heavy atom. The Bertz CT molecular complexity index is 1300. The largest absolute Gasteiger partial charge is 1.00 e. The maximum absolute atomic E-state index is 14.7. The Balaban J connectivity index is 0.00000353. The van der Waals surface area contributed by atoms with Gasteiger partial charge in [0.15, 0.2) is 0 Å². The van der Waals surface area contributed by atoms with Crippen molar-refractivity contribution in [2.24, 2.45) is 5.92 Å². The van der Waals surface area contributed by atoms with Crippen LogP contribution in [0.15, 0.2) is 42.6 Å². The summed E-state index contributed by atoms with van der Waals surface area (Å²) in [5.41, 5.74) is 0.713. The van der Waals surface area contributed by atoms with Gasteiger partial charge in [0.25, 0.3) is 0 Å². The highest BCUT2D eigenvalue weighted by Gasteiger charge is 2.39. The van der Waals surface area contributed by atoms with Gasteiger partial charge >= 0.3 is 0 Å². The Morgan fingerprint density at radius 3 is 2.31 bits per heavy atom. The van der Waals surface area contributed by atoms with E-state index >= 15 is 0 Å². The summed E-state index contributed by atoms with van der Waals surface area (Å²) in [4.78, 5) is 11.4. The van der Waals surface area contributed by atoms with Gasteiger partial charge in [-0.1, -0.05) is 13.0 Å². The quantitative estimate of drug-likeness (QED) is 0.252. The van der Waals surface area contributed by atoms with Gasteiger partial charge in [0.1, 0.15) is 29.1 Å². The van der Waals surface area contributed by atoms with Crippen molar-refractivity contribution in [1.29, 1.82) is 0 Å². The first-order valence-corrected chi connectivity index (χ1v) is 13.3. The standard InChI is InChI=1S/C29H34F4N5.HI/c1-19-4-3-13-38(2,18-19)23-9-11-37(12-10-23)29-35-17-25(24-8-7-22(31)15-27(24)33)28(36-29)34-16-20-5-6-21(30)14-26(20)32;/h5-8,14-15,17,19,23H,3-4,9-13,16,18H2,1-2H3,(H,34,35,36);1H/q+1;/p-1. The van der Waals surface area contributed by atoms with Crippen molar-refractivity contribution >= 4 is 11.8 Å². The van der Waals surface area contributed by atoms with Crippen LogP contribution in [0.25, 0.3) is 11.1 Å². The molecule has 2 aliphatic rings. The molecule has 2 saturated heterocycles. The lowest BCUT2D eigenvalue weighted by Gasteiger charge is -2.48. The van der Waals surface area contributed by atoms with Crippen molar-refractivity contribution in [1.82, 2.24) is 9.97 Å². The van der Waals surface area contributed by atoms with Crippen LogP contribution in [-0.2, 0) is 6.54 Å². The predicted molar refractivity (Wildman–Crippen MR) is 141 cm³/mol. The fourth-order valence-electron chi connectivity index (χ4n) is 6.13. The molecule has 1 N–H and O–H groups in total. The lowest BCUT2D eigenvalue weighted by atomic mass is 9.92. The Kier molecular flexibility index (Phi) is 9.36. The summed E-state index contributed by atoms with van der Waals surface area (Å²) in [5.74, 6) is -1.23. The first-order chi connectivity index (χ1) is 18.2. The van der Waals surface area contributed by atoms with Crippen LogP contribution in [0, 0.1) is 29.2 Å². The summed E-state index contributed by atoms with van der Waals surface area (Å²) < 4.78 is 57.0. The minimum atomic E-state index is -0.745. The zero-order chi connectivity index (χ0) is 26.9. The fourth-order valence-corrected chi connectivity index (χ4v) is 6.13. The molecule has 10 heteroatoms. The number of nitrogens with zero attached hydrogens (tertiary/aromatic N) is 4. The van der Waals surface area contributed by atoms with E-state index in [1.165, 1.54) is 56.4 Å². The molecule has 2 aromatic carbocycles. The highest BCUT2D eigenvalue weighted by atomic mass is 127. The molecular weight excluding hydrogens is 621 g/mol. The van der Waals surface area contributed by atoms with E-state index < -0.39 is 23.3 Å². The molecule has 0 aliphatic carbocycles. The van der Waals surface area contributed by atoms with Crippen LogP contribution in [0.5, 0.6) is 0 Å². The van der Waals surface area contributed by atoms with E-state index in [4.69, 9.17) is 4.98 Å². The molecule has 0 saturated carbocycles. The molecule has 0 bridgehead atoms. The average Bonchev–Trinajstić information content (AvgIpc) is 2.88. The molecule has 2 unspecified atom stereocenters. The molecule has 3 heterocycles. The van der Waals surface area contributed by atoms with E-state index in [2.05, 4.69) is 29.2 Å². The van der Waals surface area contributed by atoms with Gasteiger partial charge in [0, 0.05) is 73.4 Å². The van der Waals surface area contributed by atoms with E-state index in [-0.39, 0.29) is 41.6 Å². The number of anilines is 2. The number of halogens is 5. The summed E-state index contributed by atoms with van der Waals surface area (Å²) in [6, 6.07) is 7.27. The minimum Gasteiger partial charge on any atom is -1.00 e. The van der Waals surface area contributed by atoms with Gasteiger partial charge in [-0.2, -0.15) is 4.98 Å². The molecule has 0 radical (unpaired) electrons. The molecule has 39 heavy (non-hydrogen) atoms. The molecule has 3 aromatic rings. The highest BCUT2D eigenvalue weighted by Crippen LogP contribution is 2.33. The van der Waals surface area contributed by atoms with Crippen molar-refractivity contribution in [3.8, 4) is 11.1 Å². The third kappa shape index (κ3) is 6.65. The van der Waals surface area contributed by atoms with Gasteiger partial charge < -0.3 is 38.7 Å². The lowest BCUT2D eigenvalue weighted by Crippen LogP contribution is -3.00. The predicted octanol–water partition coefficient (Wildman–Crippen LogP) is 3.16. The number of benzene rings is 2. The molecule has 0 spiro atoms. The van der Waals surface area contributed by atoms with Crippen molar-refractivity contribution in [3.63, 3.8) is 0 Å². The smallest absolute Gasteiger partial charge is 0.227 e. The highest BCUT2D eigenvalue weighted by molar-refractivity contribution is 5.75. The Morgan fingerprint density at radius 2 is 1.64 bits per heavy atom.